The summed E-state index contributed by atoms with van der Waals surface area (Å²) >= 11 is 0. The molecule has 28 heavy (non-hydrogen) atoms. The third kappa shape index (κ3) is 5.96. The number of carbonyl (C=O) groups is 1. The van der Waals surface area contributed by atoms with Gasteiger partial charge in [0, 0.05) is 12.1 Å². The van der Waals surface area contributed by atoms with E-state index in [0.29, 0.717) is 26.2 Å². The molecule has 3 aromatic carbocycles. The van der Waals surface area contributed by atoms with Crippen LogP contribution in [-0.4, -0.2) is 13.0 Å². The van der Waals surface area contributed by atoms with Crippen molar-refractivity contribution in [2.75, 3.05) is 7.11 Å². The molecule has 0 saturated heterocycles. The van der Waals surface area contributed by atoms with E-state index >= 15 is 0 Å². The molecule has 144 valence electrons. The van der Waals surface area contributed by atoms with Gasteiger partial charge in [-0.1, -0.05) is 72.8 Å². The van der Waals surface area contributed by atoms with Crippen LogP contribution in [0, 0.1) is 0 Å². The number of methoxy groups -OCH3 is 1. The van der Waals surface area contributed by atoms with Gasteiger partial charge in [0.2, 0.25) is 5.91 Å². The van der Waals surface area contributed by atoms with Gasteiger partial charge in [-0.3, -0.25) is 4.79 Å². The van der Waals surface area contributed by atoms with Crippen molar-refractivity contribution in [1.82, 2.24) is 5.32 Å². The fraction of sp³-hybridized carbons (Fsp3) is 0.208. The van der Waals surface area contributed by atoms with E-state index in [2.05, 4.69) is 17.4 Å². The first-order valence-corrected chi connectivity index (χ1v) is 9.32. The predicted molar refractivity (Wildman–Crippen MR) is 110 cm³/mol. The average molecular weight is 375 g/mol. The van der Waals surface area contributed by atoms with Crippen molar-refractivity contribution >= 4 is 5.91 Å². The van der Waals surface area contributed by atoms with E-state index in [4.69, 9.17) is 9.47 Å². The predicted octanol–water partition coefficient (Wildman–Crippen LogP) is 4.27. The maximum Gasteiger partial charge on any atom is 0.224 e. The highest BCUT2D eigenvalue weighted by molar-refractivity contribution is 5.79. The molecule has 0 atom stereocenters. The minimum atomic E-state index is -0.0280. The number of carbonyl (C=O) groups excluding carboxylic acids is 1. The van der Waals surface area contributed by atoms with Crippen LogP contribution in [0.15, 0.2) is 78.9 Å². The molecule has 0 heterocycles. The molecule has 0 aliphatic carbocycles. The second-order valence-electron chi connectivity index (χ2n) is 6.56. The molecule has 3 rings (SSSR count). The number of hydrogen-bond donors (Lipinski definition) is 1. The molecular formula is C24H25NO3. The molecule has 3 aromatic rings. The van der Waals surface area contributed by atoms with E-state index < -0.39 is 0 Å². The minimum absolute atomic E-state index is 0.0280. The van der Waals surface area contributed by atoms with Crippen molar-refractivity contribution in [3.63, 3.8) is 0 Å². The number of amides is 1. The lowest BCUT2D eigenvalue weighted by molar-refractivity contribution is -0.120. The van der Waals surface area contributed by atoms with Crippen LogP contribution < -0.4 is 10.1 Å². The zero-order chi connectivity index (χ0) is 19.6. The molecule has 0 aliphatic heterocycles. The van der Waals surface area contributed by atoms with Crippen LogP contribution in [-0.2, 0) is 35.7 Å². The first-order chi connectivity index (χ1) is 13.7. The Balaban J connectivity index is 1.43. The number of benzene rings is 3. The van der Waals surface area contributed by atoms with Crippen LogP contribution in [0.25, 0.3) is 0 Å². The van der Waals surface area contributed by atoms with Crippen molar-refractivity contribution in [2.24, 2.45) is 0 Å². The highest BCUT2D eigenvalue weighted by atomic mass is 16.5. The standard InChI is InChI=1S/C24H25NO3/c1-27-23-10-6-5-9-22(23)15-24(26)25-16-19-11-13-21(14-12-19)18-28-17-20-7-3-2-4-8-20/h2-14H,15-18H2,1H3,(H,25,26). The normalized spacial score (nSPS) is 10.5. The van der Waals surface area contributed by atoms with Gasteiger partial charge < -0.3 is 14.8 Å². The maximum atomic E-state index is 12.2. The van der Waals surface area contributed by atoms with E-state index in [9.17, 15) is 4.79 Å². The van der Waals surface area contributed by atoms with E-state index in [-0.39, 0.29) is 5.91 Å². The molecule has 0 saturated carbocycles. The molecular weight excluding hydrogens is 350 g/mol. The van der Waals surface area contributed by atoms with Gasteiger partial charge in [-0.2, -0.15) is 0 Å². The zero-order valence-electron chi connectivity index (χ0n) is 16.1. The Morgan fingerprint density at radius 3 is 2.11 bits per heavy atom. The van der Waals surface area contributed by atoms with Crippen LogP contribution in [0.5, 0.6) is 5.75 Å². The fourth-order valence-electron chi connectivity index (χ4n) is 2.90. The van der Waals surface area contributed by atoms with Crippen LogP contribution in [0.3, 0.4) is 0 Å². The lowest BCUT2D eigenvalue weighted by Gasteiger charge is -2.09. The van der Waals surface area contributed by atoms with Gasteiger partial charge in [-0.15, -0.1) is 0 Å². The summed E-state index contributed by atoms with van der Waals surface area (Å²) in [5.74, 6) is 0.706. The van der Waals surface area contributed by atoms with Crippen molar-refractivity contribution in [2.45, 2.75) is 26.2 Å². The Labute approximate surface area is 166 Å². The number of rotatable bonds is 9. The molecule has 0 unspecified atom stereocenters. The van der Waals surface area contributed by atoms with Crippen molar-refractivity contribution in [3.05, 3.63) is 101 Å². The molecule has 1 N–H and O–H groups in total. The smallest absolute Gasteiger partial charge is 0.224 e. The van der Waals surface area contributed by atoms with Gasteiger partial charge in [0.1, 0.15) is 5.75 Å². The Bertz CT molecular complexity index is 876. The van der Waals surface area contributed by atoms with Gasteiger partial charge in [0.15, 0.2) is 0 Å². The maximum absolute atomic E-state index is 12.2. The summed E-state index contributed by atoms with van der Waals surface area (Å²) in [5, 5.41) is 2.96. The second kappa shape index (κ2) is 10.3. The van der Waals surface area contributed by atoms with E-state index in [1.807, 2.05) is 66.7 Å². The molecule has 0 aromatic heterocycles. The van der Waals surface area contributed by atoms with Crippen molar-refractivity contribution in [3.8, 4) is 5.75 Å². The number of para-hydroxylation sites is 1. The second-order valence-corrected chi connectivity index (χ2v) is 6.56. The van der Waals surface area contributed by atoms with Gasteiger partial charge in [0.05, 0.1) is 26.7 Å². The summed E-state index contributed by atoms with van der Waals surface area (Å²) < 4.78 is 11.0. The molecule has 0 radical (unpaired) electrons. The zero-order valence-corrected chi connectivity index (χ0v) is 16.1. The number of ether oxygens (including phenoxy) is 2. The Morgan fingerprint density at radius 1 is 0.786 bits per heavy atom. The molecule has 0 bridgehead atoms. The molecule has 0 spiro atoms. The van der Waals surface area contributed by atoms with Crippen molar-refractivity contribution < 1.29 is 14.3 Å². The lowest BCUT2D eigenvalue weighted by atomic mass is 10.1. The summed E-state index contributed by atoms with van der Waals surface area (Å²) in [6.45, 7) is 1.66. The largest absolute Gasteiger partial charge is 0.496 e. The molecule has 0 fully saturated rings. The summed E-state index contributed by atoms with van der Waals surface area (Å²) in [6.07, 6.45) is 0.301. The molecule has 4 nitrogen and oxygen atoms in total. The number of nitrogens with one attached hydrogen (secondary N) is 1. The quantitative estimate of drug-likeness (QED) is 0.608. The first kappa shape index (κ1) is 19.6. The van der Waals surface area contributed by atoms with Gasteiger partial charge in [-0.25, -0.2) is 0 Å². The van der Waals surface area contributed by atoms with Gasteiger partial charge in [-0.05, 0) is 22.8 Å². The summed E-state index contributed by atoms with van der Waals surface area (Å²) in [4.78, 5) is 12.2. The third-order valence-corrected chi connectivity index (χ3v) is 4.44. The monoisotopic (exact) mass is 375 g/mol. The Morgan fingerprint density at radius 2 is 1.39 bits per heavy atom. The lowest BCUT2D eigenvalue weighted by Crippen LogP contribution is -2.24. The Kier molecular flexibility index (Phi) is 7.21. The summed E-state index contributed by atoms with van der Waals surface area (Å²) in [6, 6.07) is 25.8. The molecule has 1 amide bonds. The Hall–Kier alpha value is -3.11. The van der Waals surface area contributed by atoms with E-state index in [1.54, 1.807) is 7.11 Å². The van der Waals surface area contributed by atoms with Crippen molar-refractivity contribution in [1.29, 1.82) is 0 Å². The summed E-state index contributed by atoms with van der Waals surface area (Å²) in [5.41, 5.74) is 4.21. The number of hydrogen-bond acceptors (Lipinski definition) is 3. The topological polar surface area (TPSA) is 47.6 Å². The highest BCUT2D eigenvalue weighted by Crippen LogP contribution is 2.17. The minimum Gasteiger partial charge on any atom is -0.496 e. The SMILES string of the molecule is COc1ccccc1CC(=O)NCc1ccc(COCc2ccccc2)cc1. The first-order valence-electron chi connectivity index (χ1n) is 9.32. The fourth-order valence-corrected chi connectivity index (χ4v) is 2.90. The van der Waals surface area contributed by atoms with Crippen LogP contribution in [0.4, 0.5) is 0 Å². The van der Waals surface area contributed by atoms with Crippen LogP contribution >= 0.6 is 0 Å². The highest BCUT2D eigenvalue weighted by Gasteiger charge is 2.08. The van der Waals surface area contributed by atoms with Gasteiger partial charge in [0.25, 0.3) is 0 Å². The van der Waals surface area contributed by atoms with Crippen LogP contribution in [0.2, 0.25) is 0 Å². The van der Waals surface area contributed by atoms with E-state index in [0.717, 1.165) is 28.0 Å². The average Bonchev–Trinajstić information content (AvgIpc) is 2.74. The molecule has 4 heteroatoms. The van der Waals surface area contributed by atoms with Crippen LogP contribution in [0.1, 0.15) is 22.3 Å². The van der Waals surface area contributed by atoms with Gasteiger partial charge >= 0.3 is 0 Å². The summed E-state index contributed by atoms with van der Waals surface area (Å²) in [7, 11) is 1.61. The third-order valence-electron chi connectivity index (χ3n) is 4.44. The molecule has 0 aliphatic rings. The van der Waals surface area contributed by atoms with E-state index in [1.165, 1.54) is 0 Å².